The number of ether oxygens (including phenoxy) is 2. The summed E-state index contributed by atoms with van der Waals surface area (Å²) in [6, 6.07) is 17.7. The molecule has 1 heterocycles. The van der Waals surface area contributed by atoms with E-state index < -0.39 is 5.97 Å². The highest BCUT2D eigenvalue weighted by Gasteiger charge is 2.15. The highest BCUT2D eigenvalue weighted by Crippen LogP contribution is 2.32. The monoisotopic (exact) mass is 339 g/mol. The molecular formula is C19H17NO3S. The molecule has 0 fully saturated rings. The maximum Gasteiger partial charge on any atom is 0.357 e. The lowest BCUT2D eigenvalue weighted by Crippen LogP contribution is -2.04. The number of hydrogen-bond donors (Lipinski definition) is 0. The summed E-state index contributed by atoms with van der Waals surface area (Å²) in [5.74, 6) is 0.341. The van der Waals surface area contributed by atoms with E-state index in [9.17, 15) is 4.79 Å². The van der Waals surface area contributed by atoms with Crippen molar-refractivity contribution in [3.63, 3.8) is 0 Å². The van der Waals surface area contributed by atoms with Crippen LogP contribution in [0.2, 0.25) is 0 Å². The number of rotatable bonds is 6. The van der Waals surface area contributed by atoms with Gasteiger partial charge in [-0.1, -0.05) is 42.5 Å². The summed E-state index contributed by atoms with van der Waals surface area (Å²) in [5, 5.41) is 2.45. The van der Waals surface area contributed by atoms with Crippen LogP contribution in [0.4, 0.5) is 0 Å². The number of carbonyl (C=O) groups excluding carboxylic acids is 1. The highest BCUT2D eigenvalue weighted by molar-refractivity contribution is 7.13. The van der Waals surface area contributed by atoms with E-state index >= 15 is 0 Å². The zero-order valence-electron chi connectivity index (χ0n) is 13.3. The van der Waals surface area contributed by atoms with Crippen molar-refractivity contribution in [3.8, 4) is 16.3 Å². The molecule has 0 bridgehead atoms. The van der Waals surface area contributed by atoms with Crippen molar-refractivity contribution in [2.75, 3.05) is 6.61 Å². The maximum absolute atomic E-state index is 11.8. The molecule has 0 aliphatic rings. The van der Waals surface area contributed by atoms with Crippen LogP contribution in [0.25, 0.3) is 10.6 Å². The van der Waals surface area contributed by atoms with E-state index in [0.29, 0.717) is 18.9 Å². The minimum atomic E-state index is -0.400. The number of aromatic nitrogens is 1. The van der Waals surface area contributed by atoms with Gasteiger partial charge in [0.2, 0.25) is 0 Å². The fourth-order valence-corrected chi connectivity index (χ4v) is 3.02. The van der Waals surface area contributed by atoms with Gasteiger partial charge in [-0.15, -0.1) is 11.3 Å². The van der Waals surface area contributed by atoms with Gasteiger partial charge in [-0.2, -0.15) is 0 Å². The third-order valence-electron chi connectivity index (χ3n) is 3.34. The van der Waals surface area contributed by atoms with Crippen molar-refractivity contribution in [2.45, 2.75) is 13.5 Å². The van der Waals surface area contributed by atoms with Crippen LogP contribution >= 0.6 is 11.3 Å². The van der Waals surface area contributed by atoms with Gasteiger partial charge in [-0.3, -0.25) is 0 Å². The molecule has 4 nitrogen and oxygen atoms in total. The lowest BCUT2D eigenvalue weighted by Gasteiger charge is -2.10. The Morgan fingerprint density at radius 2 is 1.83 bits per heavy atom. The SMILES string of the molecule is CCOC(=O)c1csc(-c2ccccc2OCc2ccccc2)n1. The summed E-state index contributed by atoms with van der Waals surface area (Å²) in [4.78, 5) is 16.2. The van der Waals surface area contributed by atoms with Gasteiger partial charge in [0.15, 0.2) is 5.69 Å². The first-order valence-corrected chi connectivity index (χ1v) is 8.54. The lowest BCUT2D eigenvalue weighted by molar-refractivity contribution is 0.0520. The number of para-hydroxylation sites is 1. The van der Waals surface area contributed by atoms with E-state index in [1.807, 2.05) is 54.6 Å². The molecule has 0 unspecified atom stereocenters. The summed E-state index contributed by atoms with van der Waals surface area (Å²) < 4.78 is 10.9. The van der Waals surface area contributed by atoms with Gasteiger partial charge in [0.25, 0.3) is 0 Å². The Balaban J connectivity index is 1.80. The quantitative estimate of drug-likeness (QED) is 0.618. The molecule has 3 aromatic rings. The molecule has 0 spiro atoms. The Labute approximate surface area is 144 Å². The molecule has 0 amide bonds. The van der Waals surface area contributed by atoms with Crippen molar-refractivity contribution >= 4 is 17.3 Å². The van der Waals surface area contributed by atoms with Crippen molar-refractivity contribution in [1.82, 2.24) is 4.98 Å². The van der Waals surface area contributed by atoms with Crippen molar-refractivity contribution in [1.29, 1.82) is 0 Å². The molecule has 0 radical (unpaired) electrons. The first-order valence-electron chi connectivity index (χ1n) is 7.66. The second-order valence-electron chi connectivity index (χ2n) is 5.03. The minimum absolute atomic E-state index is 0.328. The molecule has 0 atom stereocenters. The third kappa shape index (κ3) is 3.81. The van der Waals surface area contributed by atoms with Gasteiger partial charge in [0, 0.05) is 5.38 Å². The second kappa shape index (κ2) is 7.75. The molecule has 0 N–H and O–H groups in total. The summed E-state index contributed by atoms with van der Waals surface area (Å²) >= 11 is 1.40. The topological polar surface area (TPSA) is 48.4 Å². The number of thiazole rings is 1. The van der Waals surface area contributed by atoms with Crippen LogP contribution in [-0.2, 0) is 11.3 Å². The fraction of sp³-hybridized carbons (Fsp3) is 0.158. The van der Waals surface area contributed by atoms with Gasteiger partial charge in [-0.25, -0.2) is 9.78 Å². The first-order chi connectivity index (χ1) is 11.8. The van der Waals surface area contributed by atoms with E-state index in [2.05, 4.69) is 4.98 Å². The normalized spacial score (nSPS) is 10.4. The molecule has 1 aromatic heterocycles. The number of carbonyl (C=O) groups is 1. The number of hydrogen-bond acceptors (Lipinski definition) is 5. The van der Waals surface area contributed by atoms with Crippen LogP contribution < -0.4 is 4.74 Å². The van der Waals surface area contributed by atoms with E-state index in [0.717, 1.165) is 21.9 Å². The van der Waals surface area contributed by atoms with Crippen molar-refractivity contribution in [3.05, 3.63) is 71.2 Å². The van der Waals surface area contributed by atoms with E-state index in [1.54, 1.807) is 12.3 Å². The maximum atomic E-state index is 11.8. The summed E-state index contributed by atoms with van der Waals surface area (Å²) in [6.07, 6.45) is 0. The number of nitrogens with zero attached hydrogens (tertiary/aromatic N) is 1. The van der Waals surface area contributed by atoms with Crippen molar-refractivity contribution in [2.24, 2.45) is 0 Å². The van der Waals surface area contributed by atoms with Crippen molar-refractivity contribution < 1.29 is 14.3 Å². The van der Waals surface area contributed by atoms with Crippen LogP contribution in [0.5, 0.6) is 5.75 Å². The molecule has 0 aliphatic heterocycles. The average molecular weight is 339 g/mol. The zero-order chi connectivity index (χ0) is 16.8. The van der Waals surface area contributed by atoms with Gasteiger partial charge < -0.3 is 9.47 Å². The summed E-state index contributed by atoms with van der Waals surface area (Å²) in [6.45, 7) is 2.59. The predicted molar refractivity (Wildman–Crippen MR) is 94.3 cm³/mol. The van der Waals surface area contributed by atoms with Gasteiger partial charge >= 0.3 is 5.97 Å². The molecule has 122 valence electrons. The first kappa shape index (κ1) is 16.2. The Hall–Kier alpha value is -2.66. The summed E-state index contributed by atoms with van der Waals surface area (Å²) in [5.41, 5.74) is 2.29. The van der Waals surface area contributed by atoms with Crippen LogP contribution in [0.15, 0.2) is 60.0 Å². The second-order valence-corrected chi connectivity index (χ2v) is 5.89. The van der Waals surface area contributed by atoms with E-state index in [1.165, 1.54) is 11.3 Å². The smallest absolute Gasteiger partial charge is 0.357 e. The Morgan fingerprint density at radius 1 is 1.08 bits per heavy atom. The molecule has 2 aromatic carbocycles. The minimum Gasteiger partial charge on any atom is -0.488 e. The van der Waals surface area contributed by atoms with Gasteiger partial charge in [0.05, 0.1) is 12.2 Å². The Kier molecular flexibility index (Phi) is 5.23. The van der Waals surface area contributed by atoms with Gasteiger partial charge in [0.1, 0.15) is 17.4 Å². The molecule has 24 heavy (non-hydrogen) atoms. The predicted octanol–water partition coefficient (Wildman–Crippen LogP) is 4.57. The molecular weight excluding hydrogens is 322 g/mol. The standard InChI is InChI=1S/C19H17NO3S/c1-2-22-19(21)16-13-24-18(20-16)15-10-6-7-11-17(15)23-12-14-8-4-3-5-9-14/h3-11,13H,2,12H2,1H3. The Bertz CT molecular complexity index is 814. The molecule has 0 saturated heterocycles. The van der Waals surface area contributed by atoms with E-state index in [4.69, 9.17) is 9.47 Å². The van der Waals surface area contributed by atoms with Crippen LogP contribution in [0, 0.1) is 0 Å². The van der Waals surface area contributed by atoms with Crippen LogP contribution in [-0.4, -0.2) is 17.6 Å². The molecule has 3 rings (SSSR count). The molecule has 0 aliphatic carbocycles. The number of esters is 1. The molecule has 5 heteroatoms. The van der Waals surface area contributed by atoms with Gasteiger partial charge in [-0.05, 0) is 24.6 Å². The average Bonchev–Trinajstić information content (AvgIpc) is 3.11. The Morgan fingerprint density at radius 3 is 2.62 bits per heavy atom. The fourth-order valence-electron chi connectivity index (χ4n) is 2.20. The largest absolute Gasteiger partial charge is 0.488 e. The highest BCUT2D eigenvalue weighted by atomic mass is 32.1. The van der Waals surface area contributed by atoms with Crippen LogP contribution in [0.1, 0.15) is 23.0 Å². The number of benzene rings is 2. The zero-order valence-corrected chi connectivity index (χ0v) is 14.1. The summed E-state index contributed by atoms with van der Waals surface area (Å²) in [7, 11) is 0. The molecule has 0 saturated carbocycles. The van der Waals surface area contributed by atoms with E-state index in [-0.39, 0.29) is 0 Å². The lowest BCUT2D eigenvalue weighted by atomic mass is 10.2. The van der Waals surface area contributed by atoms with Crippen LogP contribution in [0.3, 0.4) is 0 Å². The third-order valence-corrected chi connectivity index (χ3v) is 4.22.